The molecule has 0 saturated carbocycles. The van der Waals surface area contributed by atoms with Crippen molar-refractivity contribution in [1.82, 2.24) is 10.2 Å². The third-order valence-electron chi connectivity index (χ3n) is 1.70. The maximum absolute atomic E-state index is 5.22. The van der Waals surface area contributed by atoms with Gasteiger partial charge in [-0.25, -0.2) is 5.84 Å². The number of benzene rings is 1. The fourth-order valence-electron chi connectivity index (χ4n) is 1.03. The minimum Gasteiger partial charge on any atom is -0.298 e. The second-order valence-electron chi connectivity index (χ2n) is 2.75. The van der Waals surface area contributed by atoms with Crippen LogP contribution < -0.4 is 11.3 Å². The Labute approximate surface area is 95.9 Å². The van der Waals surface area contributed by atoms with E-state index in [2.05, 4.69) is 27.8 Å². The van der Waals surface area contributed by atoms with Crippen LogP contribution in [0.4, 0.5) is 5.13 Å². The fraction of sp³-hybridized carbons (Fsp3) is 0.111. The van der Waals surface area contributed by atoms with Gasteiger partial charge in [0.1, 0.15) is 5.01 Å². The number of nitrogens with zero attached hydrogens (tertiary/aromatic N) is 2. The Morgan fingerprint density at radius 2 is 2.07 bits per heavy atom. The first-order valence-corrected chi connectivity index (χ1v) is 6.15. The minimum absolute atomic E-state index is 0.652. The number of hydrazine groups is 1. The second-order valence-corrected chi connectivity index (χ2v) is 4.86. The van der Waals surface area contributed by atoms with Gasteiger partial charge in [0.2, 0.25) is 5.13 Å². The van der Waals surface area contributed by atoms with Crippen LogP contribution in [0.5, 0.6) is 0 Å². The molecule has 0 saturated heterocycles. The molecule has 3 N–H and O–H groups in total. The second kappa shape index (κ2) is 5.11. The van der Waals surface area contributed by atoms with Crippen molar-refractivity contribution in [3.8, 4) is 0 Å². The zero-order valence-corrected chi connectivity index (χ0v) is 9.52. The van der Waals surface area contributed by atoms with Crippen molar-refractivity contribution in [3.05, 3.63) is 35.3 Å². The summed E-state index contributed by atoms with van der Waals surface area (Å²) in [7, 11) is 0. The molecule has 0 aliphatic heterocycles. The highest BCUT2D eigenvalue weighted by Crippen LogP contribution is 2.24. The van der Waals surface area contributed by atoms with Crippen LogP contribution in [0.3, 0.4) is 0 Å². The maximum Gasteiger partial charge on any atom is 0.219 e. The quantitative estimate of drug-likeness (QED) is 0.485. The van der Waals surface area contributed by atoms with Crippen molar-refractivity contribution in [1.29, 1.82) is 0 Å². The summed E-state index contributed by atoms with van der Waals surface area (Å²) in [6.07, 6.45) is 0. The van der Waals surface area contributed by atoms with Gasteiger partial charge < -0.3 is 0 Å². The van der Waals surface area contributed by atoms with E-state index in [-0.39, 0.29) is 0 Å². The number of rotatable bonds is 4. The standard InChI is InChI=1S/C9H10N4S2/c10-11-9-13-12-8(15-9)6-14-7-4-2-1-3-5-7/h1-5H,6,10H2,(H,11,13). The number of hydrogen-bond donors (Lipinski definition) is 2. The van der Waals surface area contributed by atoms with Crippen LogP contribution in [-0.4, -0.2) is 10.2 Å². The predicted molar refractivity (Wildman–Crippen MR) is 63.7 cm³/mol. The van der Waals surface area contributed by atoms with E-state index in [1.54, 1.807) is 11.8 Å². The van der Waals surface area contributed by atoms with Crippen LogP contribution in [0, 0.1) is 0 Å². The van der Waals surface area contributed by atoms with Gasteiger partial charge in [-0.05, 0) is 12.1 Å². The number of hydrogen-bond acceptors (Lipinski definition) is 6. The molecule has 0 aliphatic carbocycles. The summed E-state index contributed by atoms with van der Waals surface area (Å²) in [5, 5.41) is 9.49. The first-order chi connectivity index (χ1) is 7.38. The molecule has 0 unspecified atom stereocenters. The molecule has 4 nitrogen and oxygen atoms in total. The molecule has 0 spiro atoms. The summed E-state index contributed by atoms with van der Waals surface area (Å²) in [6, 6.07) is 10.2. The van der Waals surface area contributed by atoms with Gasteiger partial charge in [0.15, 0.2) is 0 Å². The first-order valence-electron chi connectivity index (χ1n) is 4.35. The Balaban J connectivity index is 1.93. The van der Waals surface area contributed by atoms with Gasteiger partial charge in [0.25, 0.3) is 0 Å². The van der Waals surface area contributed by atoms with Gasteiger partial charge in [0, 0.05) is 4.90 Å². The van der Waals surface area contributed by atoms with Crippen molar-refractivity contribution < 1.29 is 0 Å². The van der Waals surface area contributed by atoms with Gasteiger partial charge in [-0.15, -0.1) is 22.0 Å². The van der Waals surface area contributed by atoms with Crippen molar-refractivity contribution in [3.63, 3.8) is 0 Å². The summed E-state index contributed by atoms with van der Waals surface area (Å²) in [5.74, 6) is 6.04. The highest BCUT2D eigenvalue weighted by molar-refractivity contribution is 7.98. The van der Waals surface area contributed by atoms with Crippen LogP contribution in [0.25, 0.3) is 0 Å². The number of thioether (sulfide) groups is 1. The largest absolute Gasteiger partial charge is 0.298 e. The Bertz CT molecular complexity index is 415. The predicted octanol–water partition coefficient (Wildman–Crippen LogP) is 2.12. The molecular weight excluding hydrogens is 228 g/mol. The minimum atomic E-state index is 0.652. The average molecular weight is 238 g/mol. The smallest absolute Gasteiger partial charge is 0.219 e. The summed E-state index contributed by atoms with van der Waals surface area (Å²) in [4.78, 5) is 1.23. The topological polar surface area (TPSA) is 63.8 Å². The summed E-state index contributed by atoms with van der Waals surface area (Å²) >= 11 is 3.21. The molecule has 0 atom stereocenters. The van der Waals surface area contributed by atoms with E-state index in [0.717, 1.165) is 10.8 Å². The number of nitrogen functional groups attached to an aromatic ring is 1. The molecule has 1 heterocycles. The van der Waals surface area contributed by atoms with Gasteiger partial charge in [-0.3, -0.25) is 5.43 Å². The van der Waals surface area contributed by atoms with E-state index in [0.29, 0.717) is 5.13 Å². The number of nitrogens with one attached hydrogen (secondary N) is 1. The average Bonchev–Trinajstić information content (AvgIpc) is 2.76. The Kier molecular flexibility index (Phi) is 3.54. The molecule has 0 amide bonds. The van der Waals surface area contributed by atoms with Gasteiger partial charge >= 0.3 is 0 Å². The van der Waals surface area contributed by atoms with E-state index in [4.69, 9.17) is 5.84 Å². The lowest BCUT2D eigenvalue weighted by atomic mass is 10.4. The molecule has 0 aliphatic rings. The molecule has 0 fully saturated rings. The summed E-state index contributed by atoms with van der Waals surface area (Å²) in [5.41, 5.74) is 2.48. The van der Waals surface area contributed by atoms with Crippen molar-refractivity contribution in [2.45, 2.75) is 10.6 Å². The Morgan fingerprint density at radius 1 is 1.27 bits per heavy atom. The van der Waals surface area contributed by atoms with Crippen LogP contribution in [0.15, 0.2) is 35.2 Å². The Hall–Kier alpha value is -1.11. The molecular formula is C9H10N4S2. The summed E-state index contributed by atoms with van der Waals surface area (Å²) < 4.78 is 0. The molecule has 78 valence electrons. The number of aromatic nitrogens is 2. The number of nitrogens with two attached hydrogens (primary N) is 1. The van der Waals surface area contributed by atoms with Crippen LogP contribution in [0.2, 0.25) is 0 Å². The van der Waals surface area contributed by atoms with Gasteiger partial charge in [-0.1, -0.05) is 29.5 Å². The van der Waals surface area contributed by atoms with Crippen LogP contribution >= 0.6 is 23.1 Å². The normalized spacial score (nSPS) is 10.2. The van der Waals surface area contributed by atoms with E-state index < -0.39 is 0 Å². The molecule has 2 rings (SSSR count). The zero-order valence-electron chi connectivity index (χ0n) is 7.88. The van der Waals surface area contributed by atoms with E-state index in [1.165, 1.54) is 16.2 Å². The molecule has 6 heteroatoms. The fourth-order valence-corrected chi connectivity index (χ4v) is 2.59. The molecule has 15 heavy (non-hydrogen) atoms. The Morgan fingerprint density at radius 3 is 2.73 bits per heavy atom. The van der Waals surface area contributed by atoms with Crippen LogP contribution in [0.1, 0.15) is 5.01 Å². The van der Waals surface area contributed by atoms with Crippen molar-refractivity contribution >= 4 is 28.2 Å². The van der Waals surface area contributed by atoms with E-state index >= 15 is 0 Å². The zero-order chi connectivity index (χ0) is 10.5. The monoisotopic (exact) mass is 238 g/mol. The third-order valence-corrected chi connectivity index (χ3v) is 3.76. The lowest BCUT2D eigenvalue weighted by molar-refractivity contribution is 1.03. The lowest BCUT2D eigenvalue weighted by Gasteiger charge is -1.96. The highest BCUT2D eigenvalue weighted by Gasteiger charge is 2.02. The van der Waals surface area contributed by atoms with E-state index in [9.17, 15) is 0 Å². The van der Waals surface area contributed by atoms with Crippen molar-refractivity contribution in [2.75, 3.05) is 5.43 Å². The van der Waals surface area contributed by atoms with Crippen molar-refractivity contribution in [2.24, 2.45) is 5.84 Å². The maximum atomic E-state index is 5.22. The SMILES string of the molecule is NNc1nnc(CSc2ccccc2)s1. The molecule has 0 bridgehead atoms. The van der Waals surface area contributed by atoms with Crippen LogP contribution in [-0.2, 0) is 5.75 Å². The highest BCUT2D eigenvalue weighted by atomic mass is 32.2. The summed E-state index contributed by atoms with van der Waals surface area (Å²) in [6.45, 7) is 0. The molecule has 2 aromatic rings. The third kappa shape index (κ3) is 2.92. The molecule has 1 aromatic heterocycles. The lowest BCUT2D eigenvalue weighted by Crippen LogP contribution is -2.05. The van der Waals surface area contributed by atoms with E-state index in [1.807, 2.05) is 18.2 Å². The van der Waals surface area contributed by atoms with Gasteiger partial charge in [0.05, 0.1) is 5.75 Å². The molecule has 0 radical (unpaired) electrons. The first kappa shape index (κ1) is 10.4. The molecule has 1 aromatic carbocycles. The number of anilines is 1. The van der Waals surface area contributed by atoms with Gasteiger partial charge in [-0.2, -0.15) is 0 Å².